The van der Waals surface area contributed by atoms with Gasteiger partial charge in [-0.3, -0.25) is 4.79 Å². The third-order valence-electron chi connectivity index (χ3n) is 4.09. The van der Waals surface area contributed by atoms with Crippen molar-refractivity contribution in [1.29, 1.82) is 0 Å². The number of carbonyl (C=O) groups excluding carboxylic acids is 1. The second kappa shape index (κ2) is 9.61. The van der Waals surface area contributed by atoms with Crippen LogP contribution in [0.15, 0.2) is 48.5 Å². The van der Waals surface area contributed by atoms with Crippen LogP contribution in [0.4, 0.5) is 0 Å². The highest BCUT2D eigenvalue weighted by molar-refractivity contribution is 5.89. The molecule has 0 radical (unpaired) electrons. The number of aryl methyl sites for hydroxylation is 1. The summed E-state index contributed by atoms with van der Waals surface area (Å²) in [4.78, 5) is 23.1. The molecule has 0 aliphatic heterocycles. The number of aromatic carboxylic acids is 1. The molecule has 2 rings (SSSR count). The molecule has 0 aliphatic rings. The summed E-state index contributed by atoms with van der Waals surface area (Å²) in [6.07, 6.45) is 0.637. The number of nitrogens with one attached hydrogen (secondary N) is 1. The van der Waals surface area contributed by atoms with Gasteiger partial charge in [-0.05, 0) is 35.6 Å². The van der Waals surface area contributed by atoms with Gasteiger partial charge in [0.1, 0.15) is 12.4 Å². The molecule has 0 atom stereocenters. The second-order valence-electron chi connectivity index (χ2n) is 6.35. The zero-order chi connectivity index (χ0) is 18.9. The number of amides is 1. The van der Waals surface area contributed by atoms with Crippen molar-refractivity contribution in [2.24, 2.45) is 0 Å². The van der Waals surface area contributed by atoms with Crippen LogP contribution in [0.3, 0.4) is 0 Å². The molecule has 0 fully saturated rings. The van der Waals surface area contributed by atoms with Crippen molar-refractivity contribution in [2.75, 3.05) is 13.2 Å². The average molecular weight is 355 g/mol. The minimum absolute atomic E-state index is 0.120. The fourth-order valence-corrected chi connectivity index (χ4v) is 2.72. The monoisotopic (exact) mass is 355 g/mol. The Kier molecular flexibility index (Phi) is 7.21. The lowest BCUT2D eigenvalue weighted by Gasteiger charge is -2.14. The van der Waals surface area contributed by atoms with Crippen molar-refractivity contribution in [3.8, 4) is 5.75 Å². The van der Waals surface area contributed by atoms with Gasteiger partial charge in [-0.25, -0.2) is 4.79 Å². The van der Waals surface area contributed by atoms with E-state index in [4.69, 9.17) is 9.84 Å². The minimum Gasteiger partial charge on any atom is -0.491 e. The molecule has 5 heteroatoms. The number of carboxylic acid groups (broad SMARTS) is 1. The van der Waals surface area contributed by atoms with Crippen molar-refractivity contribution in [3.63, 3.8) is 0 Å². The van der Waals surface area contributed by atoms with Crippen LogP contribution in [0.1, 0.15) is 47.7 Å². The zero-order valence-electron chi connectivity index (χ0n) is 15.2. The van der Waals surface area contributed by atoms with E-state index < -0.39 is 5.97 Å². The molecule has 0 bridgehead atoms. The van der Waals surface area contributed by atoms with E-state index in [1.54, 1.807) is 24.3 Å². The molecule has 26 heavy (non-hydrogen) atoms. The Morgan fingerprint density at radius 1 is 1.08 bits per heavy atom. The second-order valence-corrected chi connectivity index (χ2v) is 6.35. The summed E-state index contributed by atoms with van der Waals surface area (Å²) >= 11 is 0. The Morgan fingerprint density at radius 2 is 1.77 bits per heavy atom. The van der Waals surface area contributed by atoms with Gasteiger partial charge in [-0.1, -0.05) is 50.2 Å². The number of ether oxygens (including phenoxy) is 1. The molecule has 0 aliphatic carbocycles. The van der Waals surface area contributed by atoms with E-state index in [-0.39, 0.29) is 17.9 Å². The summed E-state index contributed by atoms with van der Waals surface area (Å²) in [5.74, 6) is 0.117. The fourth-order valence-electron chi connectivity index (χ4n) is 2.72. The third-order valence-corrected chi connectivity index (χ3v) is 4.09. The normalized spacial score (nSPS) is 10.6. The first-order chi connectivity index (χ1) is 12.5. The highest BCUT2D eigenvalue weighted by atomic mass is 16.5. The van der Waals surface area contributed by atoms with Gasteiger partial charge in [-0.2, -0.15) is 0 Å². The van der Waals surface area contributed by atoms with Crippen LogP contribution in [0.25, 0.3) is 0 Å². The molecule has 0 saturated carbocycles. The van der Waals surface area contributed by atoms with Crippen LogP contribution in [-0.4, -0.2) is 30.1 Å². The molecule has 0 heterocycles. The number of benzene rings is 2. The highest BCUT2D eigenvalue weighted by Gasteiger charge is 2.11. The van der Waals surface area contributed by atoms with Gasteiger partial charge in [0.25, 0.3) is 0 Å². The lowest BCUT2D eigenvalue weighted by atomic mass is 10.0. The summed E-state index contributed by atoms with van der Waals surface area (Å²) in [7, 11) is 0. The van der Waals surface area contributed by atoms with Crippen molar-refractivity contribution in [1.82, 2.24) is 5.32 Å². The third kappa shape index (κ3) is 5.62. The van der Waals surface area contributed by atoms with Gasteiger partial charge in [0.15, 0.2) is 0 Å². The lowest BCUT2D eigenvalue weighted by Crippen LogP contribution is -2.28. The van der Waals surface area contributed by atoms with Crippen LogP contribution in [0.2, 0.25) is 0 Å². The molecule has 0 spiro atoms. The van der Waals surface area contributed by atoms with Crippen LogP contribution in [0.5, 0.6) is 5.75 Å². The van der Waals surface area contributed by atoms with Gasteiger partial charge in [0, 0.05) is 6.42 Å². The Bertz CT molecular complexity index is 755. The van der Waals surface area contributed by atoms with Crippen molar-refractivity contribution in [3.05, 3.63) is 65.2 Å². The van der Waals surface area contributed by atoms with Gasteiger partial charge in [0.2, 0.25) is 5.91 Å². The first kappa shape index (κ1) is 19.5. The highest BCUT2D eigenvalue weighted by Crippen LogP contribution is 2.25. The number of hydrogen-bond acceptors (Lipinski definition) is 3. The SMILES string of the molecule is CC(C)c1ccccc1OCCNC(=O)CCc1ccccc1C(=O)O. The summed E-state index contributed by atoms with van der Waals surface area (Å²) in [6.45, 7) is 5.02. The molecule has 0 unspecified atom stereocenters. The maximum Gasteiger partial charge on any atom is 0.335 e. The van der Waals surface area contributed by atoms with E-state index in [1.807, 2.05) is 24.3 Å². The van der Waals surface area contributed by atoms with Gasteiger partial charge < -0.3 is 15.2 Å². The fraction of sp³-hybridized carbons (Fsp3) is 0.333. The number of rotatable bonds is 9. The quantitative estimate of drug-likeness (QED) is 0.674. The van der Waals surface area contributed by atoms with E-state index in [0.717, 1.165) is 11.3 Å². The molecule has 1 amide bonds. The number of hydrogen-bond donors (Lipinski definition) is 2. The largest absolute Gasteiger partial charge is 0.491 e. The summed E-state index contributed by atoms with van der Waals surface area (Å²) in [6, 6.07) is 14.6. The number of para-hydroxylation sites is 1. The van der Waals surface area contributed by atoms with Crippen molar-refractivity contribution < 1.29 is 19.4 Å². The topological polar surface area (TPSA) is 75.6 Å². The summed E-state index contributed by atoms with van der Waals surface area (Å²) < 4.78 is 5.77. The molecule has 0 aromatic heterocycles. The van der Waals surface area contributed by atoms with E-state index >= 15 is 0 Å². The predicted octanol–water partition coefficient (Wildman–Crippen LogP) is 3.64. The van der Waals surface area contributed by atoms with Crippen LogP contribution < -0.4 is 10.1 Å². The van der Waals surface area contributed by atoms with Gasteiger partial charge in [0.05, 0.1) is 12.1 Å². The van der Waals surface area contributed by atoms with E-state index in [2.05, 4.69) is 19.2 Å². The molecule has 2 N–H and O–H groups in total. The Labute approximate surface area is 154 Å². The van der Waals surface area contributed by atoms with Crippen molar-refractivity contribution in [2.45, 2.75) is 32.6 Å². The van der Waals surface area contributed by atoms with Crippen LogP contribution >= 0.6 is 0 Å². The maximum absolute atomic E-state index is 12.0. The average Bonchev–Trinajstić information content (AvgIpc) is 2.64. The van der Waals surface area contributed by atoms with Crippen LogP contribution in [-0.2, 0) is 11.2 Å². The Hall–Kier alpha value is -2.82. The summed E-state index contributed by atoms with van der Waals surface area (Å²) in [5.41, 5.74) is 2.05. The Morgan fingerprint density at radius 3 is 2.50 bits per heavy atom. The van der Waals surface area contributed by atoms with E-state index in [0.29, 0.717) is 31.1 Å². The molecule has 0 saturated heterocycles. The first-order valence-corrected chi connectivity index (χ1v) is 8.78. The molecular weight excluding hydrogens is 330 g/mol. The molecule has 5 nitrogen and oxygen atoms in total. The predicted molar refractivity (Wildman–Crippen MR) is 101 cm³/mol. The zero-order valence-corrected chi connectivity index (χ0v) is 15.2. The Balaban J connectivity index is 1.76. The lowest BCUT2D eigenvalue weighted by molar-refractivity contribution is -0.121. The maximum atomic E-state index is 12.0. The minimum atomic E-state index is -0.974. The molecule has 2 aromatic carbocycles. The van der Waals surface area contributed by atoms with E-state index in [1.165, 1.54) is 0 Å². The standard InChI is InChI=1S/C21H25NO4/c1-15(2)17-8-5-6-10-19(17)26-14-13-22-20(23)12-11-16-7-3-4-9-18(16)21(24)25/h3-10,15H,11-14H2,1-2H3,(H,22,23)(H,24,25). The van der Waals surface area contributed by atoms with Gasteiger partial charge in [-0.15, -0.1) is 0 Å². The van der Waals surface area contributed by atoms with E-state index in [9.17, 15) is 9.59 Å². The van der Waals surface area contributed by atoms with Crippen molar-refractivity contribution >= 4 is 11.9 Å². The first-order valence-electron chi connectivity index (χ1n) is 8.78. The number of carbonyl (C=O) groups is 2. The van der Waals surface area contributed by atoms with Gasteiger partial charge >= 0.3 is 5.97 Å². The molecule has 138 valence electrons. The molecular formula is C21H25NO4. The van der Waals surface area contributed by atoms with Crippen LogP contribution in [0, 0.1) is 0 Å². The number of carboxylic acids is 1. The molecule has 2 aromatic rings. The smallest absolute Gasteiger partial charge is 0.335 e. The summed E-state index contributed by atoms with van der Waals surface area (Å²) in [5, 5.41) is 12.0.